The molecule has 1 aliphatic carbocycles. The van der Waals surface area contributed by atoms with E-state index >= 15 is 0 Å². The Morgan fingerprint density at radius 3 is 3.00 bits per heavy atom. The number of aryl methyl sites for hydroxylation is 1. The van der Waals surface area contributed by atoms with Gasteiger partial charge in [-0.2, -0.15) is 5.10 Å². The van der Waals surface area contributed by atoms with Crippen molar-refractivity contribution in [3.8, 4) is 0 Å². The highest BCUT2D eigenvalue weighted by atomic mass is 16.1. The quantitative estimate of drug-likeness (QED) is 0.715. The zero-order chi connectivity index (χ0) is 11.0. The van der Waals surface area contributed by atoms with Crippen molar-refractivity contribution in [2.45, 2.75) is 18.9 Å². The van der Waals surface area contributed by atoms with Gasteiger partial charge in [-0.1, -0.05) is 24.3 Å². The SMILES string of the molecule is O=Cc1ccn(C2CCc3ccccc32)n1. The molecule has 16 heavy (non-hydrogen) atoms. The number of hydrogen-bond acceptors (Lipinski definition) is 2. The average Bonchev–Trinajstić information content (AvgIpc) is 2.94. The molecule has 3 heteroatoms. The highest BCUT2D eigenvalue weighted by molar-refractivity contribution is 5.71. The van der Waals surface area contributed by atoms with Gasteiger partial charge >= 0.3 is 0 Å². The fourth-order valence-corrected chi connectivity index (χ4v) is 2.40. The number of hydrogen-bond donors (Lipinski definition) is 0. The van der Waals surface area contributed by atoms with Crippen LogP contribution in [0.5, 0.6) is 0 Å². The fourth-order valence-electron chi connectivity index (χ4n) is 2.40. The van der Waals surface area contributed by atoms with Gasteiger partial charge in [0.1, 0.15) is 5.69 Å². The summed E-state index contributed by atoms with van der Waals surface area (Å²) in [5, 5.41) is 4.26. The molecule has 3 nitrogen and oxygen atoms in total. The molecule has 0 fully saturated rings. The van der Waals surface area contributed by atoms with Crippen molar-refractivity contribution in [3.63, 3.8) is 0 Å². The lowest BCUT2D eigenvalue weighted by Gasteiger charge is -2.11. The minimum Gasteiger partial charge on any atom is -0.296 e. The summed E-state index contributed by atoms with van der Waals surface area (Å²) in [7, 11) is 0. The topological polar surface area (TPSA) is 34.9 Å². The molecule has 1 heterocycles. The van der Waals surface area contributed by atoms with E-state index < -0.39 is 0 Å². The van der Waals surface area contributed by atoms with Crippen molar-refractivity contribution in [2.24, 2.45) is 0 Å². The van der Waals surface area contributed by atoms with Crippen LogP contribution in [0.25, 0.3) is 0 Å². The lowest BCUT2D eigenvalue weighted by molar-refractivity contribution is 0.111. The van der Waals surface area contributed by atoms with E-state index in [1.54, 1.807) is 6.07 Å². The molecular formula is C13H12N2O. The van der Waals surface area contributed by atoms with Gasteiger partial charge in [0.05, 0.1) is 6.04 Å². The molecule has 80 valence electrons. The van der Waals surface area contributed by atoms with E-state index in [1.165, 1.54) is 11.1 Å². The van der Waals surface area contributed by atoms with Gasteiger partial charge in [-0.05, 0) is 30.0 Å². The van der Waals surface area contributed by atoms with Gasteiger partial charge in [0.15, 0.2) is 6.29 Å². The number of fused-ring (bicyclic) bond motifs is 1. The summed E-state index contributed by atoms with van der Waals surface area (Å²) in [6.07, 6.45) is 4.84. The Balaban J connectivity index is 2.01. The van der Waals surface area contributed by atoms with Crippen molar-refractivity contribution < 1.29 is 4.79 Å². The zero-order valence-corrected chi connectivity index (χ0v) is 8.84. The van der Waals surface area contributed by atoms with Crippen molar-refractivity contribution >= 4 is 6.29 Å². The number of benzene rings is 1. The molecule has 1 aromatic carbocycles. The molecule has 0 radical (unpaired) electrons. The molecule has 1 aromatic heterocycles. The van der Waals surface area contributed by atoms with Gasteiger partial charge in [-0.15, -0.1) is 0 Å². The van der Waals surface area contributed by atoms with E-state index in [-0.39, 0.29) is 0 Å². The van der Waals surface area contributed by atoms with Crippen molar-refractivity contribution in [1.29, 1.82) is 0 Å². The minimum atomic E-state index is 0.296. The number of carbonyl (C=O) groups is 1. The maximum absolute atomic E-state index is 10.6. The first kappa shape index (κ1) is 9.33. The van der Waals surface area contributed by atoms with E-state index in [0.29, 0.717) is 11.7 Å². The Kier molecular flexibility index (Phi) is 2.10. The smallest absolute Gasteiger partial charge is 0.170 e. The minimum absolute atomic E-state index is 0.296. The van der Waals surface area contributed by atoms with Gasteiger partial charge in [0, 0.05) is 6.20 Å². The third kappa shape index (κ3) is 1.36. The highest BCUT2D eigenvalue weighted by Crippen LogP contribution is 2.33. The summed E-state index contributed by atoms with van der Waals surface area (Å²) >= 11 is 0. The second kappa shape index (κ2) is 3.59. The van der Waals surface area contributed by atoms with Crippen LogP contribution in [0.1, 0.15) is 34.1 Å². The molecule has 0 aliphatic heterocycles. The Morgan fingerprint density at radius 1 is 1.31 bits per heavy atom. The summed E-state index contributed by atoms with van der Waals surface area (Å²) in [5.74, 6) is 0. The summed E-state index contributed by atoms with van der Waals surface area (Å²) in [6.45, 7) is 0. The Morgan fingerprint density at radius 2 is 2.19 bits per heavy atom. The number of carbonyl (C=O) groups excluding carboxylic acids is 1. The first-order valence-corrected chi connectivity index (χ1v) is 5.46. The van der Waals surface area contributed by atoms with Crippen LogP contribution in [0.2, 0.25) is 0 Å². The third-order valence-corrected chi connectivity index (χ3v) is 3.17. The number of aldehydes is 1. The number of rotatable bonds is 2. The van der Waals surface area contributed by atoms with Crippen LogP contribution in [0.3, 0.4) is 0 Å². The van der Waals surface area contributed by atoms with Crippen molar-refractivity contribution in [3.05, 3.63) is 53.3 Å². The lowest BCUT2D eigenvalue weighted by Crippen LogP contribution is -2.08. The Bertz CT molecular complexity index is 530. The predicted molar refractivity (Wildman–Crippen MR) is 60.5 cm³/mol. The molecule has 1 atom stereocenters. The average molecular weight is 212 g/mol. The van der Waals surface area contributed by atoms with Crippen LogP contribution in [0.15, 0.2) is 36.5 Å². The van der Waals surface area contributed by atoms with Gasteiger partial charge in [-0.3, -0.25) is 9.48 Å². The van der Waals surface area contributed by atoms with E-state index in [1.807, 2.05) is 10.9 Å². The first-order chi connectivity index (χ1) is 7.88. The van der Waals surface area contributed by atoms with E-state index in [4.69, 9.17) is 0 Å². The van der Waals surface area contributed by atoms with Crippen LogP contribution in [-0.2, 0) is 6.42 Å². The lowest BCUT2D eigenvalue weighted by atomic mass is 10.1. The molecule has 0 saturated heterocycles. The molecule has 0 saturated carbocycles. The Hall–Kier alpha value is -1.90. The molecule has 0 amide bonds. The second-order valence-corrected chi connectivity index (χ2v) is 4.09. The van der Waals surface area contributed by atoms with E-state index in [9.17, 15) is 4.79 Å². The number of nitrogens with zero attached hydrogens (tertiary/aromatic N) is 2. The van der Waals surface area contributed by atoms with Crippen LogP contribution in [0.4, 0.5) is 0 Å². The highest BCUT2D eigenvalue weighted by Gasteiger charge is 2.23. The summed E-state index contributed by atoms with van der Waals surface area (Å²) in [6, 6.07) is 10.5. The predicted octanol–water partition coefficient (Wildman–Crippen LogP) is 2.23. The van der Waals surface area contributed by atoms with Crippen molar-refractivity contribution in [1.82, 2.24) is 9.78 Å². The molecule has 1 unspecified atom stereocenters. The van der Waals surface area contributed by atoms with E-state index in [0.717, 1.165) is 19.1 Å². The monoisotopic (exact) mass is 212 g/mol. The van der Waals surface area contributed by atoms with Gasteiger partial charge in [0.2, 0.25) is 0 Å². The van der Waals surface area contributed by atoms with E-state index in [2.05, 4.69) is 29.4 Å². The van der Waals surface area contributed by atoms with Gasteiger partial charge < -0.3 is 0 Å². The molecule has 2 aromatic rings. The van der Waals surface area contributed by atoms with Crippen LogP contribution < -0.4 is 0 Å². The zero-order valence-electron chi connectivity index (χ0n) is 8.84. The largest absolute Gasteiger partial charge is 0.296 e. The molecule has 0 N–H and O–H groups in total. The fraction of sp³-hybridized carbons (Fsp3) is 0.231. The van der Waals surface area contributed by atoms with Crippen LogP contribution in [-0.4, -0.2) is 16.1 Å². The van der Waals surface area contributed by atoms with Gasteiger partial charge in [-0.25, -0.2) is 0 Å². The first-order valence-electron chi connectivity index (χ1n) is 5.46. The normalized spacial score (nSPS) is 18.4. The summed E-state index contributed by atoms with van der Waals surface area (Å²) < 4.78 is 1.90. The van der Waals surface area contributed by atoms with Crippen molar-refractivity contribution in [2.75, 3.05) is 0 Å². The number of aromatic nitrogens is 2. The molecule has 0 bridgehead atoms. The molecule has 3 rings (SSSR count). The maximum Gasteiger partial charge on any atom is 0.170 e. The maximum atomic E-state index is 10.6. The molecular weight excluding hydrogens is 200 g/mol. The Labute approximate surface area is 93.7 Å². The third-order valence-electron chi connectivity index (χ3n) is 3.17. The summed E-state index contributed by atoms with van der Waals surface area (Å²) in [4.78, 5) is 10.6. The second-order valence-electron chi connectivity index (χ2n) is 4.09. The standard InChI is InChI=1S/C13H12N2O/c16-9-11-7-8-15(14-11)13-6-5-10-3-1-2-4-12(10)13/h1-4,7-9,13H,5-6H2. The molecule has 0 spiro atoms. The van der Waals surface area contributed by atoms with Crippen LogP contribution >= 0.6 is 0 Å². The van der Waals surface area contributed by atoms with Crippen LogP contribution in [0, 0.1) is 0 Å². The van der Waals surface area contributed by atoms with Gasteiger partial charge in [0.25, 0.3) is 0 Å². The molecule has 1 aliphatic rings. The summed E-state index contributed by atoms with van der Waals surface area (Å²) in [5.41, 5.74) is 3.24.